The number of benzene rings is 2. The zero-order chi connectivity index (χ0) is 15.9. The first-order valence-corrected chi connectivity index (χ1v) is 8.73. The van der Waals surface area contributed by atoms with Gasteiger partial charge in [-0.3, -0.25) is 4.79 Å². The van der Waals surface area contributed by atoms with E-state index in [2.05, 4.69) is 31.3 Å². The summed E-state index contributed by atoms with van der Waals surface area (Å²) in [6, 6.07) is 15.6. The lowest BCUT2D eigenvalue weighted by Gasteiger charge is -2.10. The van der Waals surface area contributed by atoms with Crippen molar-refractivity contribution >= 4 is 35.0 Å². The van der Waals surface area contributed by atoms with Crippen LogP contribution in [0.5, 0.6) is 0 Å². The van der Waals surface area contributed by atoms with E-state index in [-0.39, 0.29) is 5.91 Å². The van der Waals surface area contributed by atoms with Gasteiger partial charge >= 0.3 is 0 Å². The first-order valence-electron chi connectivity index (χ1n) is 7.37. The molecule has 0 radical (unpaired) electrons. The number of carbonyl (C=O) groups is 1. The van der Waals surface area contributed by atoms with Gasteiger partial charge in [0, 0.05) is 10.6 Å². The standard InChI is InChI=1S/C18H20ClNOS/c1-3-13(2)14-8-10-15(11-9-14)20-18(21)12-22-17-7-5-4-6-16(17)19/h4-11,13H,3,12H2,1-2H3,(H,20,21)/t13-/m1/s1. The molecule has 2 aromatic carbocycles. The summed E-state index contributed by atoms with van der Waals surface area (Å²) < 4.78 is 0. The molecule has 2 rings (SSSR count). The SMILES string of the molecule is CC[C@@H](C)c1ccc(NC(=O)CSc2ccccc2Cl)cc1. The Hall–Kier alpha value is -1.45. The molecule has 0 bridgehead atoms. The fourth-order valence-electron chi connectivity index (χ4n) is 2.03. The van der Waals surface area contributed by atoms with E-state index in [1.54, 1.807) is 0 Å². The van der Waals surface area contributed by atoms with Crippen LogP contribution >= 0.6 is 23.4 Å². The van der Waals surface area contributed by atoms with Crippen molar-refractivity contribution < 1.29 is 4.79 Å². The van der Waals surface area contributed by atoms with Crippen LogP contribution in [0.3, 0.4) is 0 Å². The normalized spacial score (nSPS) is 12.0. The molecule has 22 heavy (non-hydrogen) atoms. The Morgan fingerprint density at radius 1 is 1.18 bits per heavy atom. The van der Waals surface area contributed by atoms with Crippen LogP contribution in [0, 0.1) is 0 Å². The minimum atomic E-state index is -0.0267. The summed E-state index contributed by atoms with van der Waals surface area (Å²) >= 11 is 7.52. The third kappa shape index (κ3) is 4.79. The lowest BCUT2D eigenvalue weighted by atomic mass is 9.99. The van der Waals surface area contributed by atoms with Gasteiger partial charge in [0.2, 0.25) is 5.91 Å². The number of halogens is 1. The molecule has 0 heterocycles. The fraction of sp³-hybridized carbons (Fsp3) is 0.278. The van der Waals surface area contributed by atoms with Gasteiger partial charge in [0.05, 0.1) is 10.8 Å². The van der Waals surface area contributed by atoms with Gasteiger partial charge in [-0.25, -0.2) is 0 Å². The van der Waals surface area contributed by atoms with Gasteiger partial charge in [-0.2, -0.15) is 0 Å². The van der Waals surface area contributed by atoms with Crippen LogP contribution in [0.2, 0.25) is 5.02 Å². The molecular weight excluding hydrogens is 314 g/mol. The Balaban J connectivity index is 1.88. The minimum absolute atomic E-state index is 0.0267. The highest BCUT2D eigenvalue weighted by atomic mass is 35.5. The van der Waals surface area contributed by atoms with E-state index < -0.39 is 0 Å². The van der Waals surface area contributed by atoms with Crippen LogP contribution in [-0.4, -0.2) is 11.7 Å². The number of hydrogen-bond acceptors (Lipinski definition) is 2. The second kappa shape index (κ2) is 8.25. The van der Waals surface area contributed by atoms with E-state index in [1.165, 1.54) is 17.3 Å². The highest BCUT2D eigenvalue weighted by Crippen LogP contribution is 2.26. The number of anilines is 1. The Morgan fingerprint density at radius 2 is 1.86 bits per heavy atom. The van der Waals surface area contributed by atoms with E-state index in [1.807, 2.05) is 36.4 Å². The molecule has 0 spiro atoms. The minimum Gasteiger partial charge on any atom is -0.325 e. The van der Waals surface area contributed by atoms with Gasteiger partial charge in [-0.1, -0.05) is 49.7 Å². The van der Waals surface area contributed by atoms with Gasteiger partial charge in [0.1, 0.15) is 0 Å². The monoisotopic (exact) mass is 333 g/mol. The van der Waals surface area contributed by atoms with Gasteiger partial charge in [-0.05, 0) is 42.2 Å². The first-order chi connectivity index (χ1) is 10.6. The number of nitrogens with one attached hydrogen (secondary N) is 1. The summed E-state index contributed by atoms with van der Waals surface area (Å²) in [4.78, 5) is 12.9. The highest BCUT2D eigenvalue weighted by Gasteiger charge is 2.07. The summed E-state index contributed by atoms with van der Waals surface area (Å²) in [6.45, 7) is 4.38. The lowest BCUT2D eigenvalue weighted by molar-refractivity contribution is -0.113. The third-order valence-electron chi connectivity index (χ3n) is 3.57. The van der Waals surface area contributed by atoms with Crippen LogP contribution in [0.1, 0.15) is 31.7 Å². The average Bonchev–Trinajstić information content (AvgIpc) is 2.54. The second-order valence-corrected chi connectivity index (χ2v) is 6.62. The van der Waals surface area contributed by atoms with E-state index in [0.29, 0.717) is 16.7 Å². The number of thioether (sulfide) groups is 1. The zero-order valence-corrected chi connectivity index (χ0v) is 14.4. The second-order valence-electron chi connectivity index (χ2n) is 5.20. The Kier molecular flexibility index (Phi) is 6.34. The van der Waals surface area contributed by atoms with Gasteiger partial charge in [0.25, 0.3) is 0 Å². The molecule has 2 nitrogen and oxygen atoms in total. The van der Waals surface area contributed by atoms with Crippen molar-refractivity contribution in [1.29, 1.82) is 0 Å². The van der Waals surface area contributed by atoms with Crippen LogP contribution < -0.4 is 5.32 Å². The van der Waals surface area contributed by atoms with Crippen molar-refractivity contribution in [2.45, 2.75) is 31.1 Å². The number of rotatable bonds is 6. The maximum Gasteiger partial charge on any atom is 0.234 e. The van der Waals surface area contributed by atoms with Crippen LogP contribution in [0.4, 0.5) is 5.69 Å². The van der Waals surface area contributed by atoms with Crippen molar-refractivity contribution in [3.63, 3.8) is 0 Å². The van der Waals surface area contributed by atoms with Crippen LogP contribution in [-0.2, 0) is 4.79 Å². The van der Waals surface area contributed by atoms with Crippen molar-refractivity contribution in [2.75, 3.05) is 11.1 Å². The molecule has 0 aromatic heterocycles. The Labute approximate surface area is 141 Å². The summed E-state index contributed by atoms with van der Waals surface area (Å²) in [6.07, 6.45) is 1.11. The molecule has 0 aliphatic carbocycles. The summed E-state index contributed by atoms with van der Waals surface area (Å²) in [5.41, 5.74) is 2.13. The molecule has 0 saturated carbocycles. The fourth-order valence-corrected chi connectivity index (χ4v) is 3.07. The predicted octanol–water partition coefficient (Wildman–Crippen LogP) is 5.58. The number of carbonyl (C=O) groups excluding carboxylic acids is 1. The van der Waals surface area contributed by atoms with E-state index >= 15 is 0 Å². The zero-order valence-electron chi connectivity index (χ0n) is 12.8. The third-order valence-corrected chi connectivity index (χ3v) is 5.09. The van der Waals surface area contributed by atoms with E-state index in [4.69, 9.17) is 11.6 Å². The van der Waals surface area contributed by atoms with Crippen LogP contribution in [0.15, 0.2) is 53.4 Å². The highest BCUT2D eigenvalue weighted by molar-refractivity contribution is 8.00. The summed E-state index contributed by atoms with van der Waals surface area (Å²) in [5, 5.41) is 3.59. The summed E-state index contributed by atoms with van der Waals surface area (Å²) in [7, 11) is 0. The van der Waals surface area contributed by atoms with Gasteiger partial charge < -0.3 is 5.32 Å². The van der Waals surface area contributed by atoms with Gasteiger partial charge in [0.15, 0.2) is 0 Å². The molecule has 0 aliphatic heterocycles. The molecule has 4 heteroatoms. The molecule has 0 fully saturated rings. The number of hydrogen-bond donors (Lipinski definition) is 1. The first kappa shape index (κ1) is 16.9. The molecule has 0 saturated heterocycles. The van der Waals surface area contributed by atoms with Crippen molar-refractivity contribution in [2.24, 2.45) is 0 Å². The Bertz CT molecular complexity index is 627. The van der Waals surface area contributed by atoms with Gasteiger partial charge in [-0.15, -0.1) is 11.8 Å². The van der Waals surface area contributed by atoms with Crippen molar-refractivity contribution in [3.05, 3.63) is 59.1 Å². The molecule has 1 N–H and O–H groups in total. The van der Waals surface area contributed by atoms with E-state index in [9.17, 15) is 4.79 Å². The van der Waals surface area contributed by atoms with Crippen LogP contribution in [0.25, 0.3) is 0 Å². The largest absolute Gasteiger partial charge is 0.325 e. The molecule has 0 unspecified atom stereocenters. The molecule has 0 aliphatic rings. The topological polar surface area (TPSA) is 29.1 Å². The molecule has 2 aromatic rings. The lowest BCUT2D eigenvalue weighted by Crippen LogP contribution is -2.14. The molecular formula is C18H20ClNOS. The molecule has 1 amide bonds. The number of amides is 1. The van der Waals surface area contributed by atoms with E-state index in [0.717, 1.165) is 17.0 Å². The Morgan fingerprint density at radius 3 is 2.50 bits per heavy atom. The molecule has 1 atom stereocenters. The molecule has 116 valence electrons. The predicted molar refractivity (Wildman–Crippen MR) is 96.0 cm³/mol. The maximum atomic E-state index is 12.0. The van der Waals surface area contributed by atoms with Crippen molar-refractivity contribution in [3.8, 4) is 0 Å². The average molecular weight is 334 g/mol. The van der Waals surface area contributed by atoms with Crippen molar-refractivity contribution in [1.82, 2.24) is 0 Å². The quantitative estimate of drug-likeness (QED) is 0.699. The summed E-state index contributed by atoms with van der Waals surface area (Å²) in [5.74, 6) is 0.860. The maximum absolute atomic E-state index is 12.0. The smallest absolute Gasteiger partial charge is 0.234 e.